The number of benzene rings is 1. The van der Waals surface area contributed by atoms with Gasteiger partial charge in [-0.25, -0.2) is 13.6 Å². The van der Waals surface area contributed by atoms with Crippen molar-refractivity contribution in [3.8, 4) is 5.75 Å². The summed E-state index contributed by atoms with van der Waals surface area (Å²) < 4.78 is 32.1. The van der Waals surface area contributed by atoms with Crippen molar-refractivity contribution in [2.75, 3.05) is 26.0 Å². The first kappa shape index (κ1) is 17.5. The first-order valence-electron chi connectivity index (χ1n) is 7.65. The first-order chi connectivity index (χ1) is 10.9. The predicted molar refractivity (Wildman–Crippen MR) is 82.5 cm³/mol. The van der Waals surface area contributed by atoms with Crippen LogP contribution in [-0.4, -0.2) is 42.8 Å². The second-order valence-corrected chi connectivity index (χ2v) is 5.89. The Bertz CT molecular complexity index is 569. The molecule has 0 bridgehead atoms. The molecule has 0 saturated heterocycles. The summed E-state index contributed by atoms with van der Waals surface area (Å²) in [6.07, 6.45) is 3.18. The van der Waals surface area contributed by atoms with Crippen molar-refractivity contribution in [3.63, 3.8) is 0 Å². The van der Waals surface area contributed by atoms with Crippen LogP contribution in [0, 0.1) is 17.6 Å². The Morgan fingerprint density at radius 3 is 2.70 bits per heavy atom. The predicted octanol–water partition coefficient (Wildman–Crippen LogP) is 2.99. The highest BCUT2D eigenvalue weighted by Crippen LogP contribution is 2.26. The van der Waals surface area contributed by atoms with Crippen LogP contribution < -0.4 is 10.1 Å². The number of rotatable bonds is 4. The molecule has 2 atom stereocenters. The fourth-order valence-corrected chi connectivity index (χ4v) is 2.83. The molecule has 1 saturated carbocycles. The quantitative estimate of drug-likeness (QED) is 0.893. The average Bonchev–Trinajstić information content (AvgIpc) is 2.52. The molecule has 2 unspecified atom stereocenters. The Hall–Kier alpha value is -1.89. The van der Waals surface area contributed by atoms with E-state index in [0.717, 1.165) is 37.8 Å². The number of hydrogen-bond donors (Lipinski definition) is 2. The van der Waals surface area contributed by atoms with E-state index >= 15 is 0 Å². The Morgan fingerprint density at radius 1 is 1.35 bits per heavy atom. The minimum Gasteiger partial charge on any atom is -0.494 e. The van der Waals surface area contributed by atoms with Gasteiger partial charge in [-0.15, -0.1) is 0 Å². The molecule has 0 heterocycles. The zero-order valence-corrected chi connectivity index (χ0v) is 13.3. The second kappa shape index (κ2) is 7.59. The van der Waals surface area contributed by atoms with Crippen molar-refractivity contribution in [2.24, 2.45) is 5.92 Å². The maximum atomic E-state index is 13.8. The number of carbonyl (C=O) groups is 1. The van der Waals surface area contributed by atoms with Crippen LogP contribution in [0.4, 0.5) is 19.3 Å². The van der Waals surface area contributed by atoms with Crippen molar-refractivity contribution < 1.29 is 23.4 Å². The lowest BCUT2D eigenvalue weighted by atomic mass is 9.86. The molecule has 23 heavy (non-hydrogen) atoms. The van der Waals surface area contributed by atoms with E-state index in [0.29, 0.717) is 6.54 Å². The molecule has 0 aliphatic heterocycles. The van der Waals surface area contributed by atoms with Gasteiger partial charge in [0, 0.05) is 31.6 Å². The number of urea groups is 1. The third-order valence-electron chi connectivity index (χ3n) is 4.21. The van der Waals surface area contributed by atoms with Gasteiger partial charge >= 0.3 is 6.03 Å². The summed E-state index contributed by atoms with van der Waals surface area (Å²) in [7, 11) is 2.80. The van der Waals surface area contributed by atoms with Gasteiger partial charge in [0.25, 0.3) is 0 Å². The molecule has 0 aromatic heterocycles. The van der Waals surface area contributed by atoms with Crippen molar-refractivity contribution in [3.05, 3.63) is 23.8 Å². The Balaban J connectivity index is 1.99. The fraction of sp³-hybridized carbons (Fsp3) is 0.562. The summed E-state index contributed by atoms with van der Waals surface area (Å²) in [5.74, 6) is -1.74. The molecule has 7 heteroatoms. The number of ether oxygens (including phenoxy) is 1. The molecular formula is C16H22F2N2O3. The Kier molecular flexibility index (Phi) is 5.76. The highest BCUT2D eigenvalue weighted by atomic mass is 19.1. The topological polar surface area (TPSA) is 61.8 Å². The molecule has 1 aromatic rings. The summed E-state index contributed by atoms with van der Waals surface area (Å²) in [6, 6.07) is 1.22. The lowest BCUT2D eigenvalue weighted by Crippen LogP contribution is -2.40. The van der Waals surface area contributed by atoms with E-state index in [1.54, 1.807) is 7.05 Å². The molecule has 2 N–H and O–H groups in total. The first-order valence-corrected chi connectivity index (χ1v) is 7.65. The molecule has 0 spiro atoms. The van der Waals surface area contributed by atoms with Crippen LogP contribution in [0.5, 0.6) is 5.75 Å². The highest BCUT2D eigenvalue weighted by Gasteiger charge is 2.26. The van der Waals surface area contributed by atoms with Gasteiger partial charge in [-0.2, -0.15) is 0 Å². The highest BCUT2D eigenvalue weighted by molar-refractivity contribution is 5.89. The number of amides is 2. The van der Waals surface area contributed by atoms with E-state index in [1.165, 1.54) is 12.0 Å². The third-order valence-corrected chi connectivity index (χ3v) is 4.21. The molecule has 0 radical (unpaired) electrons. The molecule has 1 aromatic carbocycles. The monoisotopic (exact) mass is 328 g/mol. The summed E-state index contributed by atoms with van der Waals surface area (Å²) in [5, 5.41) is 12.3. The largest absolute Gasteiger partial charge is 0.494 e. The van der Waals surface area contributed by atoms with E-state index in [2.05, 4.69) is 10.1 Å². The molecule has 1 fully saturated rings. The van der Waals surface area contributed by atoms with E-state index < -0.39 is 23.8 Å². The van der Waals surface area contributed by atoms with Crippen molar-refractivity contribution in [1.29, 1.82) is 0 Å². The van der Waals surface area contributed by atoms with E-state index in [9.17, 15) is 18.7 Å². The zero-order valence-electron chi connectivity index (χ0n) is 13.3. The van der Waals surface area contributed by atoms with Crippen LogP contribution in [-0.2, 0) is 0 Å². The number of hydrogen-bond acceptors (Lipinski definition) is 3. The molecule has 2 rings (SSSR count). The van der Waals surface area contributed by atoms with E-state index in [-0.39, 0.29) is 17.4 Å². The number of anilines is 1. The number of aliphatic hydroxyl groups is 1. The fourth-order valence-electron chi connectivity index (χ4n) is 2.83. The van der Waals surface area contributed by atoms with Gasteiger partial charge in [-0.1, -0.05) is 12.8 Å². The normalized spacial score (nSPS) is 20.9. The molecule has 2 amide bonds. The van der Waals surface area contributed by atoms with Gasteiger partial charge in [0.05, 0.1) is 18.9 Å². The second-order valence-electron chi connectivity index (χ2n) is 5.89. The summed E-state index contributed by atoms with van der Waals surface area (Å²) in [6.45, 7) is 0.368. The molecule has 1 aliphatic carbocycles. The molecular weight excluding hydrogens is 306 g/mol. The van der Waals surface area contributed by atoms with Gasteiger partial charge in [0.1, 0.15) is 0 Å². The van der Waals surface area contributed by atoms with Crippen LogP contribution >= 0.6 is 0 Å². The minimum atomic E-state index is -0.775. The number of carbonyl (C=O) groups excluding carboxylic acids is 1. The molecule has 5 nitrogen and oxygen atoms in total. The average molecular weight is 328 g/mol. The molecule has 1 aliphatic rings. The van der Waals surface area contributed by atoms with Crippen LogP contribution in [0.2, 0.25) is 0 Å². The number of halogens is 2. The lowest BCUT2D eigenvalue weighted by molar-refractivity contribution is 0.0575. The van der Waals surface area contributed by atoms with Crippen LogP contribution in [0.25, 0.3) is 0 Å². The minimum absolute atomic E-state index is 0.0111. The lowest BCUT2D eigenvalue weighted by Gasteiger charge is -2.31. The van der Waals surface area contributed by atoms with Crippen molar-refractivity contribution >= 4 is 11.7 Å². The van der Waals surface area contributed by atoms with Gasteiger partial charge in [-0.3, -0.25) is 0 Å². The summed E-state index contributed by atoms with van der Waals surface area (Å²) in [4.78, 5) is 13.5. The summed E-state index contributed by atoms with van der Waals surface area (Å²) in [5.41, 5.74) is -0.246. The maximum absolute atomic E-state index is 13.8. The van der Waals surface area contributed by atoms with E-state index in [4.69, 9.17) is 0 Å². The Morgan fingerprint density at radius 2 is 2.04 bits per heavy atom. The van der Waals surface area contributed by atoms with Crippen LogP contribution in [0.3, 0.4) is 0 Å². The van der Waals surface area contributed by atoms with Crippen LogP contribution in [0.15, 0.2) is 12.1 Å². The number of aliphatic hydroxyl groups excluding tert-OH is 1. The van der Waals surface area contributed by atoms with Crippen molar-refractivity contribution in [2.45, 2.75) is 31.8 Å². The van der Waals surface area contributed by atoms with Gasteiger partial charge < -0.3 is 20.1 Å². The van der Waals surface area contributed by atoms with Gasteiger partial charge in [-0.05, 0) is 12.8 Å². The van der Waals surface area contributed by atoms with Crippen molar-refractivity contribution in [1.82, 2.24) is 4.90 Å². The standard InChI is InChI=1S/C16H22F2N2O3/c1-20(9-10-5-3-4-6-14(10)21)16(22)19-13-7-12(18)15(23-2)8-11(13)17/h7-8,10,14,21H,3-6,9H2,1-2H3,(H,19,22). The Labute approximate surface area is 134 Å². The number of nitrogens with zero attached hydrogens (tertiary/aromatic N) is 1. The van der Waals surface area contributed by atoms with Gasteiger partial charge in [0.15, 0.2) is 17.4 Å². The SMILES string of the molecule is COc1cc(F)c(NC(=O)N(C)CC2CCCCC2O)cc1F. The van der Waals surface area contributed by atoms with Gasteiger partial charge in [0.2, 0.25) is 0 Å². The van der Waals surface area contributed by atoms with Crippen LogP contribution in [0.1, 0.15) is 25.7 Å². The zero-order chi connectivity index (χ0) is 17.0. The smallest absolute Gasteiger partial charge is 0.321 e. The number of methoxy groups -OCH3 is 1. The third kappa shape index (κ3) is 4.31. The number of nitrogens with one attached hydrogen (secondary N) is 1. The van der Waals surface area contributed by atoms with E-state index in [1.807, 2.05) is 0 Å². The summed E-state index contributed by atoms with van der Waals surface area (Å²) >= 11 is 0. The maximum Gasteiger partial charge on any atom is 0.321 e. The molecule has 128 valence electrons.